The molecule has 0 unspecified atom stereocenters. The number of hydrogen-bond donors (Lipinski definition) is 2. The van der Waals surface area contributed by atoms with Gasteiger partial charge in [-0.2, -0.15) is 0 Å². The molecule has 4 aromatic rings. The molecule has 0 fully saturated rings. The monoisotopic (exact) mass is 448 g/mol. The summed E-state index contributed by atoms with van der Waals surface area (Å²) in [7, 11) is 0. The lowest BCUT2D eigenvalue weighted by molar-refractivity contribution is 0.0934. The van der Waals surface area contributed by atoms with E-state index in [9.17, 15) is 9.18 Å². The number of nitrogens with zero attached hydrogens (tertiary/aromatic N) is 2. The van der Waals surface area contributed by atoms with Gasteiger partial charge in [-0.15, -0.1) is 0 Å². The number of para-hydroxylation sites is 1. The molecule has 0 aliphatic rings. The van der Waals surface area contributed by atoms with Crippen LogP contribution in [0.5, 0.6) is 0 Å². The van der Waals surface area contributed by atoms with E-state index < -0.39 is 0 Å². The van der Waals surface area contributed by atoms with Crippen molar-refractivity contribution in [1.82, 2.24) is 20.2 Å². The average Bonchev–Trinajstić information content (AvgIpc) is 3.46. The third-order valence-corrected chi connectivity index (χ3v) is 5.82. The second kappa shape index (κ2) is 10.4. The zero-order valence-corrected chi connectivity index (χ0v) is 19.0. The molecule has 4 rings (SSSR count). The predicted molar refractivity (Wildman–Crippen MR) is 126 cm³/mol. The first-order chi connectivity index (χ1) is 16.0. The molecular weight excluding hydrogens is 419 g/mol. The van der Waals surface area contributed by atoms with Gasteiger partial charge in [-0.05, 0) is 49.1 Å². The van der Waals surface area contributed by atoms with Gasteiger partial charge in [0.05, 0.1) is 6.54 Å². The highest BCUT2D eigenvalue weighted by Gasteiger charge is 2.17. The van der Waals surface area contributed by atoms with Gasteiger partial charge in [0.2, 0.25) is 5.89 Å². The van der Waals surface area contributed by atoms with Crippen LogP contribution in [-0.2, 0) is 19.5 Å². The van der Waals surface area contributed by atoms with Crippen molar-refractivity contribution in [3.05, 3.63) is 89.5 Å². The smallest absolute Gasteiger partial charge is 0.273 e. The van der Waals surface area contributed by atoms with Gasteiger partial charge in [0.15, 0.2) is 5.69 Å². The van der Waals surface area contributed by atoms with Crippen LogP contribution in [0.3, 0.4) is 0 Å². The van der Waals surface area contributed by atoms with Crippen LogP contribution in [0.25, 0.3) is 10.9 Å². The molecule has 7 heteroatoms. The molecule has 33 heavy (non-hydrogen) atoms. The lowest BCUT2D eigenvalue weighted by Crippen LogP contribution is -2.32. The molecular formula is C26H29FN4O2. The number of amides is 1. The molecule has 172 valence electrons. The number of H-pyrrole nitrogens is 1. The van der Waals surface area contributed by atoms with Gasteiger partial charge in [0.1, 0.15) is 12.1 Å². The van der Waals surface area contributed by atoms with Crippen molar-refractivity contribution in [2.24, 2.45) is 0 Å². The standard InChI is InChI=1S/C26H29FN4O2/c1-3-18(2)29-26(32)24-17-33-25(30-24)16-31(15-19-8-10-21(27)11-9-19)13-12-20-14-28-23-7-5-4-6-22(20)23/h4-11,14,17-18,28H,3,12-13,15-16H2,1-2H3,(H,29,32)/t18-/m1/s1. The van der Waals surface area contributed by atoms with Crippen LogP contribution in [0, 0.1) is 5.82 Å². The molecule has 2 aromatic carbocycles. The quantitative estimate of drug-likeness (QED) is 0.355. The molecule has 0 saturated heterocycles. The molecule has 0 radical (unpaired) electrons. The van der Waals surface area contributed by atoms with Crippen LogP contribution >= 0.6 is 0 Å². The lowest BCUT2D eigenvalue weighted by Gasteiger charge is -2.21. The summed E-state index contributed by atoms with van der Waals surface area (Å²) in [6.07, 6.45) is 5.12. The third kappa shape index (κ3) is 5.87. The lowest BCUT2D eigenvalue weighted by atomic mass is 10.1. The van der Waals surface area contributed by atoms with E-state index >= 15 is 0 Å². The molecule has 2 heterocycles. The maximum Gasteiger partial charge on any atom is 0.273 e. The Hall–Kier alpha value is -3.45. The minimum atomic E-state index is -0.256. The number of aromatic nitrogens is 2. The minimum absolute atomic E-state index is 0.0730. The number of carbonyl (C=O) groups excluding carboxylic acids is 1. The van der Waals surface area contributed by atoms with Gasteiger partial charge in [0, 0.05) is 36.2 Å². The molecule has 2 aromatic heterocycles. The summed E-state index contributed by atoms with van der Waals surface area (Å²) in [5, 5.41) is 4.11. The summed E-state index contributed by atoms with van der Waals surface area (Å²) in [5.41, 5.74) is 3.62. The fourth-order valence-corrected chi connectivity index (χ4v) is 3.76. The Labute approximate surface area is 192 Å². The predicted octanol–water partition coefficient (Wildman–Crippen LogP) is 5.07. The van der Waals surface area contributed by atoms with Gasteiger partial charge in [-0.1, -0.05) is 37.3 Å². The van der Waals surface area contributed by atoms with Crippen LogP contribution in [-0.4, -0.2) is 33.4 Å². The number of halogens is 1. The number of oxazole rings is 1. The molecule has 1 amide bonds. The summed E-state index contributed by atoms with van der Waals surface area (Å²) in [6, 6.07) is 14.8. The Bertz CT molecular complexity index is 1200. The second-order valence-electron chi connectivity index (χ2n) is 8.36. The van der Waals surface area contributed by atoms with Gasteiger partial charge in [-0.25, -0.2) is 9.37 Å². The normalized spacial score (nSPS) is 12.4. The number of nitrogens with one attached hydrogen (secondary N) is 2. The van der Waals surface area contributed by atoms with Gasteiger partial charge >= 0.3 is 0 Å². The van der Waals surface area contributed by atoms with E-state index in [1.54, 1.807) is 12.1 Å². The third-order valence-electron chi connectivity index (χ3n) is 5.82. The first-order valence-corrected chi connectivity index (χ1v) is 11.3. The van der Waals surface area contributed by atoms with E-state index in [1.807, 2.05) is 32.2 Å². The molecule has 0 aliphatic carbocycles. The van der Waals surface area contributed by atoms with E-state index in [2.05, 4.69) is 32.3 Å². The fraction of sp³-hybridized carbons (Fsp3) is 0.308. The van der Waals surface area contributed by atoms with Gasteiger partial charge in [0.25, 0.3) is 5.91 Å². The summed E-state index contributed by atoms with van der Waals surface area (Å²) < 4.78 is 19.0. The number of benzene rings is 2. The number of rotatable bonds is 10. The number of carbonyl (C=O) groups is 1. The Kier molecular flexibility index (Phi) is 7.19. The van der Waals surface area contributed by atoms with E-state index in [4.69, 9.17) is 4.42 Å². The molecule has 1 atom stereocenters. The van der Waals surface area contributed by atoms with Crippen molar-refractivity contribution in [3.8, 4) is 0 Å². The zero-order valence-electron chi connectivity index (χ0n) is 19.0. The van der Waals surface area contributed by atoms with E-state index in [-0.39, 0.29) is 23.5 Å². The van der Waals surface area contributed by atoms with Crippen molar-refractivity contribution in [2.75, 3.05) is 6.54 Å². The van der Waals surface area contributed by atoms with Crippen LogP contribution in [0.15, 0.2) is 65.4 Å². The molecule has 0 aliphatic heterocycles. The topological polar surface area (TPSA) is 74.2 Å². The Morgan fingerprint density at radius 1 is 1.18 bits per heavy atom. The molecule has 6 nitrogen and oxygen atoms in total. The fourth-order valence-electron chi connectivity index (χ4n) is 3.76. The average molecular weight is 449 g/mol. The van der Waals surface area contributed by atoms with Gasteiger partial charge < -0.3 is 14.7 Å². The van der Waals surface area contributed by atoms with Gasteiger partial charge in [-0.3, -0.25) is 9.69 Å². The van der Waals surface area contributed by atoms with Crippen LogP contribution < -0.4 is 5.32 Å². The van der Waals surface area contributed by atoms with Crippen LogP contribution in [0.1, 0.15) is 47.8 Å². The number of fused-ring (bicyclic) bond motifs is 1. The minimum Gasteiger partial charge on any atom is -0.447 e. The van der Waals surface area contributed by atoms with E-state index in [1.165, 1.54) is 29.3 Å². The van der Waals surface area contributed by atoms with Crippen LogP contribution in [0.2, 0.25) is 0 Å². The molecule has 0 bridgehead atoms. The summed E-state index contributed by atoms with van der Waals surface area (Å²) in [4.78, 5) is 22.3. The SMILES string of the molecule is CC[C@@H](C)NC(=O)c1coc(CN(CCc2c[nH]c3ccccc23)Cc2ccc(F)cc2)n1. The maximum absolute atomic E-state index is 13.4. The van der Waals surface area contributed by atoms with Crippen molar-refractivity contribution in [1.29, 1.82) is 0 Å². The van der Waals surface area contributed by atoms with Crippen molar-refractivity contribution in [3.63, 3.8) is 0 Å². The Morgan fingerprint density at radius 3 is 2.76 bits per heavy atom. The van der Waals surface area contributed by atoms with E-state index in [0.29, 0.717) is 19.0 Å². The molecule has 0 spiro atoms. The molecule has 0 saturated carbocycles. The van der Waals surface area contributed by atoms with Crippen molar-refractivity contribution >= 4 is 16.8 Å². The molecule has 2 N–H and O–H groups in total. The highest BCUT2D eigenvalue weighted by molar-refractivity contribution is 5.92. The first kappa shape index (κ1) is 22.7. The highest BCUT2D eigenvalue weighted by atomic mass is 19.1. The summed E-state index contributed by atoms with van der Waals surface area (Å²) >= 11 is 0. The summed E-state index contributed by atoms with van der Waals surface area (Å²) in [5.74, 6) is -0.0117. The Morgan fingerprint density at radius 2 is 1.97 bits per heavy atom. The number of hydrogen-bond acceptors (Lipinski definition) is 4. The maximum atomic E-state index is 13.4. The second-order valence-corrected chi connectivity index (χ2v) is 8.36. The highest BCUT2D eigenvalue weighted by Crippen LogP contribution is 2.19. The summed E-state index contributed by atoms with van der Waals surface area (Å²) in [6.45, 7) is 5.76. The van der Waals surface area contributed by atoms with Crippen molar-refractivity contribution < 1.29 is 13.6 Å². The Balaban J connectivity index is 1.48. The van der Waals surface area contributed by atoms with E-state index in [0.717, 1.165) is 30.5 Å². The zero-order chi connectivity index (χ0) is 23.2. The first-order valence-electron chi connectivity index (χ1n) is 11.3. The van der Waals surface area contributed by atoms with Crippen molar-refractivity contribution in [2.45, 2.75) is 45.8 Å². The largest absolute Gasteiger partial charge is 0.447 e. The number of aromatic amines is 1. The van der Waals surface area contributed by atoms with Crippen LogP contribution in [0.4, 0.5) is 4.39 Å².